The molecule has 0 aromatic heterocycles. The SMILES string of the molecule is CCOC(=O)[C@@H]1[C@H](N)C1(C)C. The molecule has 2 atom stereocenters. The molecule has 11 heavy (non-hydrogen) atoms. The van der Waals surface area contributed by atoms with Gasteiger partial charge < -0.3 is 10.5 Å². The molecule has 1 rings (SSSR count). The molecule has 1 aliphatic rings. The first-order chi connectivity index (χ1) is 5.01. The molecule has 3 heteroatoms. The lowest BCUT2D eigenvalue weighted by Gasteiger charge is -2.01. The monoisotopic (exact) mass is 157 g/mol. The topological polar surface area (TPSA) is 52.3 Å². The highest BCUT2D eigenvalue weighted by atomic mass is 16.5. The standard InChI is InChI=1S/C8H15NO2/c1-4-11-7(10)5-6(9)8(5,2)3/h5-6H,4,9H2,1-3H3/t5-,6-/m0/s1. The van der Waals surface area contributed by atoms with Gasteiger partial charge in [0.1, 0.15) is 0 Å². The maximum Gasteiger partial charge on any atom is 0.311 e. The lowest BCUT2D eigenvalue weighted by Crippen LogP contribution is -2.13. The predicted octanol–water partition coefficient (Wildman–Crippen LogP) is 0.533. The molecule has 1 aliphatic carbocycles. The highest BCUT2D eigenvalue weighted by molar-refractivity contribution is 5.78. The number of hydrogen-bond acceptors (Lipinski definition) is 3. The summed E-state index contributed by atoms with van der Waals surface area (Å²) in [4.78, 5) is 11.1. The van der Waals surface area contributed by atoms with Crippen molar-refractivity contribution in [2.45, 2.75) is 26.8 Å². The number of carbonyl (C=O) groups excluding carboxylic acids is 1. The molecule has 0 aromatic rings. The van der Waals surface area contributed by atoms with Crippen LogP contribution in [0, 0.1) is 11.3 Å². The Labute approximate surface area is 66.9 Å². The summed E-state index contributed by atoms with van der Waals surface area (Å²) >= 11 is 0. The predicted molar refractivity (Wildman–Crippen MR) is 41.9 cm³/mol. The fourth-order valence-corrected chi connectivity index (χ4v) is 1.36. The Kier molecular flexibility index (Phi) is 1.92. The van der Waals surface area contributed by atoms with Gasteiger partial charge in [-0.25, -0.2) is 0 Å². The van der Waals surface area contributed by atoms with Gasteiger partial charge in [-0.3, -0.25) is 4.79 Å². The Morgan fingerprint density at radius 1 is 1.64 bits per heavy atom. The second-order valence-corrected chi connectivity index (χ2v) is 3.58. The van der Waals surface area contributed by atoms with Crippen LogP contribution in [0.5, 0.6) is 0 Å². The summed E-state index contributed by atoms with van der Waals surface area (Å²) in [5, 5.41) is 0. The second-order valence-electron chi connectivity index (χ2n) is 3.58. The van der Waals surface area contributed by atoms with Gasteiger partial charge in [0, 0.05) is 6.04 Å². The molecule has 1 saturated carbocycles. The van der Waals surface area contributed by atoms with Crippen LogP contribution in [0.3, 0.4) is 0 Å². The van der Waals surface area contributed by atoms with Crippen LogP contribution in [-0.4, -0.2) is 18.6 Å². The Balaban J connectivity index is 2.47. The Morgan fingerprint density at radius 2 is 2.09 bits per heavy atom. The normalized spacial score (nSPS) is 33.1. The van der Waals surface area contributed by atoms with E-state index < -0.39 is 0 Å². The van der Waals surface area contributed by atoms with E-state index in [1.165, 1.54) is 0 Å². The van der Waals surface area contributed by atoms with Crippen LogP contribution < -0.4 is 5.73 Å². The molecular weight excluding hydrogens is 142 g/mol. The fourth-order valence-electron chi connectivity index (χ4n) is 1.36. The molecule has 2 N–H and O–H groups in total. The number of rotatable bonds is 2. The zero-order chi connectivity index (χ0) is 8.65. The largest absolute Gasteiger partial charge is 0.466 e. The number of hydrogen-bond donors (Lipinski definition) is 1. The van der Waals surface area contributed by atoms with Crippen LogP contribution >= 0.6 is 0 Å². The third-order valence-electron chi connectivity index (χ3n) is 2.45. The van der Waals surface area contributed by atoms with Crippen molar-refractivity contribution in [2.75, 3.05) is 6.61 Å². The van der Waals surface area contributed by atoms with Gasteiger partial charge in [-0.2, -0.15) is 0 Å². The first-order valence-corrected chi connectivity index (χ1v) is 3.94. The molecule has 0 aliphatic heterocycles. The third-order valence-corrected chi connectivity index (χ3v) is 2.45. The zero-order valence-corrected chi connectivity index (χ0v) is 7.26. The highest BCUT2D eigenvalue weighted by Gasteiger charge is 2.60. The van der Waals surface area contributed by atoms with Gasteiger partial charge in [-0.1, -0.05) is 13.8 Å². The molecule has 0 spiro atoms. The summed E-state index contributed by atoms with van der Waals surface area (Å²) in [6.07, 6.45) is 0. The van der Waals surface area contributed by atoms with Crippen molar-refractivity contribution < 1.29 is 9.53 Å². The second kappa shape index (κ2) is 2.48. The van der Waals surface area contributed by atoms with Gasteiger partial charge in [-0.15, -0.1) is 0 Å². The van der Waals surface area contributed by atoms with Crippen molar-refractivity contribution >= 4 is 5.97 Å². The smallest absolute Gasteiger partial charge is 0.311 e. The van der Waals surface area contributed by atoms with Gasteiger partial charge in [0.15, 0.2) is 0 Å². The number of nitrogens with two attached hydrogens (primary N) is 1. The van der Waals surface area contributed by atoms with Gasteiger partial charge in [0.25, 0.3) is 0 Å². The average Bonchev–Trinajstić information content (AvgIpc) is 2.34. The minimum absolute atomic E-state index is 0.0125. The van der Waals surface area contributed by atoms with Crippen LogP contribution in [-0.2, 0) is 9.53 Å². The van der Waals surface area contributed by atoms with E-state index in [2.05, 4.69) is 0 Å². The number of esters is 1. The van der Waals surface area contributed by atoms with Crippen molar-refractivity contribution in [3.8, 4) is 0 Å². The Morgan fingerprint density at radius 3 is 2.36 bits per heavy atom. The first-order valence-electron chi connectivity index (χ1n) is 3.94. The molecule has 0 bridgehead atoms. The molecule has 64 valence electrons. The van der Waals surface area contributed by atoms with E-state index in [1.54, 1.807) is 6.92 Å². The summed E-state index contributed by atoms with van der Waals surface area (Å²) in [5.74, 6) is -0.229. The Bertz CT molecular complexity index is 177. The molecule has 0 heterocycles. The zero-order valence-electron chi connectivity index (χ0n) is 7.26. The van der Waals surface area contributed by atoms with E-state index in [4.69, 9.17) is 10.5 Å². The maximum absolute atomic E-state index is 11.1. The van der Waals surface area contributed by atoms with Crippen LogP contribution in [0.1, 0.15) is 20.8 Å². The van der Waals surface area contributed by atoms with E-state index >= 15 is 0 Å². The minimum atomic E-state index is -0.148. The minimum Gasteiger partial charge on any atom is -0.466 e. The van der Waals surface area contributed by atoms with E-state index in [0.717, 1.165) is 0 Å². The highest BCUT2D eigenvalue weighted by Crippen LogP contribution is 2.50. The van der Waals surface area contributed by atoms with Crippen LogP contribution in [0.15, 0.2) is 0 Å². The first kappa shape index (κ1) is 8.53. The van der Waals surface area contributed by atoms with E-state index in [9.17, 15) is 4.79 Å². The summed E-state index contributed by atoms with van der Waals surface area (Å²) in [6, 6.07) is -0.0125. The number of carbonyl (C=O) groups is 1. The van der Waals surface area contributed by atoms with Gasteiger partial charge in [0.2, 0.25) is 0 Å². The summed E-state index contributed by atoms with van der Waals surface area (Å²) in [7, 11) is 0. The fraction of sp³-hybridized carbons (Fsp3) is 0.875. The van der Waals surface area contributed by atoms with Gasteiger partial charge >= 0.3 is 5.97 Å². The van der Waals surface area contributed by atoms with Gasteiger partial charge in [-0.05, 0) is 12.3 Å². The molecular formula is C8H15NO2. The van der Waals surface area contributed by atoms with Crippen LogP contribution in [0.25, 0.3) is 0 Å². The third kappa shape index (κ3) is 1.25. The maximum atomic E-state index is 11.1. The van der Waals surface area contributed by atoms with E-state index in [0.29, 0.717) is 6.61 Å². The molecule has 0 unspecified atom stereocenters. The van der Waals surface area contributed by atoms with Crippen molar-refractivity contribution in [1.82, 2.24) is 0 Å². The van der Waals surface area contributed by atoms with Crippen LogP contribution in [0.2, 0.25) is 0 Å². The van der Waals surface area contributed by atoms with Gasteiger partial charge in [0.05, 0.1) is 12.5 Å². The van der Waals surface area contributed by atoms with Crippen molar-refractivity contribution in [1.29, 1.82) is 0 Å². The molecule has 0 radical (unpaired) electrons. The molecule has 0 aromatic carbocycles. The average molecular weight is 157 g/mol. The molecule has 3 nitrogen and oxygen atoms in total. The molecule has 1 fully saturated rings. The molecule has 0 amide bonds. The van der Waals surface area contributed by atoms with Crippen molar-refractivity contribution in [3.05, 3.63) is 0 Å². The lowest BCUT2D eigenvalue weighted by molar-refractivity contribution is -0.145. The van der Waals surface area contributed by atoms with Crippen molar-refractivity contribution in [3.63, 3.8) is 0 Å². The lowest BCUT2D eigenvalue weighted by atomic mass is 10.1. The van der Waals surface area contributed by atoms with Crippen molar-refractivity contribution in [2.24, 2.45) is 17.1 Å². The summed E-state index contributed by atoms with van der Waals surface area (Å²) in [5.41, 5.74) is 5.63. The quantitative estimate of drug-likeness (QED) is 0.595. The van der Waals surface area contributed by atoms with Crippen LogP contribution in [0.4, 0.5) is 0 Å². The molecule has 0 saturated heterocycles. The number of ether oxygens (including phenoxy) is 1. The summed E-state index contributed by atoms with van der Waals surface area (Å²) < 4.78 is 4.85. The van der Waals surface area contributed by atoms with E-state index in [-0.39, 0.29) is 23.3 Å². The summed E-state index contributed by atoms with van der Waals surface area (Å²) in [6.45, 7) is 6.22. The Hall–Kier alpha value is -0.570. The van der Waals surface area contributed by atoms with E-state index in [1.807, 2.05) is 13.8 Å².